The minimum atomic E-state index is 1.15. The van der Waals surface area contributed by atoms with Gasteiger partial charge in [-0.05, 0) is 92.7 Å². The van der Waals surface area contributed by atoms with E-state index >= 15 is 0 Å². The average molecular weight is 687 g/mol. The lowest BCUT2D eigenvalue weighted by atomic mass is 9.98. The molecule has 9 aromatic carbocycles. The van der Waals surface area contributed by atoms with E-state index in [0.29, 0.717) is 0 Å². The molecule has 0 radical (unpaired) electrons. The fourth-order valence-electron chi connectivity index (χ4n) is 8.52. The number of rotatable bonds is 5. The summed E-state index contributed by atoms with van der Waals surface area (Å²) < 4.78 is 4.89. The van der Waals surface area contributed by atoms with E-state index in [1.807, 2.05) is 0 Å². The van der Waals surface area contributed by atoms with Gasteiger partial charge in [-0.2, -0.15) is 0 Å². The van der Waals surface area contributed by atoms with E-state index < -0.39 is 0 Å². The molecule has 0 bridgehead atoms. The van der Waals surface area contributed by atoms with Crippen LogP contribution in [-0.4, -0.2) is 9.13 Å². The molecule has 0 fully saturated rings. The van der Waals surface area contributed by atoms with Gasteiger partial charge >= 0.3 is 0 Å². The molecule has 2 nitrogen and oxygen atoms in total. The summed E-state index contributed by atoms with van der Waals surface area (Å²) in [6.45, 7) is 0. The van der Waals surface area contributed by atoms with Crippen molar-refractivity contribution in [3.8, 4) is 44.8 Å². The van der Waals surface area contributed by atoms with Crippen LogP contribution in [0.3, 0.4) is 0 Å². The van der Waals surface area contributed by atoms with Crippen molar-refractivity contribution >= 4 is 54.4 Å². The monoisotopic (exact) mass is 686 g/mol. The van der Waals surface area contributed by atoms with Gasteiger partial charge < -0.3 is 9.13 Å². The van der Waals surface area contributed by atoms with Crippen molar-refractivity contribution in [3.05, 3.63) is 206 Å². The molecule has 2 aromatic heterocycles. The summed E-state index contributed by atoms with van der Waals surface area (Å²) >= 11 is 0. The van der Waals surface area contributed by atoms with E-state index in [9.17, 15) is 0 Å². The van der Waals surface area contributed by atoms with Crippen molar-refractivity contribution < 1.29 is 0 Å². The Balaban J connectivity index is 1.04. The van der Waals surface area contributed by atoms with Crippen molar-refractivity contribution in [2.24, 2.45) is 0 Å². The first-order valence-corrected chi connectivity index (χ1v) is 18.6. The summed E-state index contributed by atoms with van der Waals surface area (Å²) in [7, 11) is 0. The fraction of sp³-hybridized carbons (Fsp3) is 0. The molecule has 11 rings (SSSR count). The summed E-state index contributed by atoms with van der Waals surface area (Å²) in [5, 5.41) is 7.55. The topological polar surface area (TPSA) is 9.86 Å². The predicted molar refractivity (Wildman–Crippen MR) is 229 cm³/mol. The summed E-state index contributed by atoms with van der Waals surface area (Å²) in [4.78, 5) is 0. The lowest BCUT2D eigenvalue weighted by Gasteiger charge is -2.12. The molecule has 0 aliphatic heterocycles. The molecular formula is C52H34N2. The minimum Gasteiger partial charge on any atom is -0.309 e. The SMILES string of the molecule is c1ccc(-c2ccc(-n3c4ccccc4c4c3ccc3c5ccccc5n(-c5ccc(-c6ccc(-c7ccc8ccccc8c7)cc6)cc5)c34)cc2)cc1. The summed E-state index contributed by atoms with van der Waals surface area (Å²) in [5.41, 5.74) is 14.4. The van der Waals surface area contributed by atoms with E-state index in [0.717, 1.165) is 11.4 Å². The van der Waals surface area contributed by atoms with Crippen molar-refractivity contribution in [2.75, 3.05) is 0 Å². The molecule has 11 aromatic rings. The molecule has 0 N–H and O–H groups in total. The quantitative estimate of drug-likeness (QED) is 0.171. The molecule has 0 atom stereocenters. The van der Waals surface area contributed by atoms with Gasteiger partial charge in [-0.15, -0.1) is 0 Å². The van der Waals surface area contributed by atoms with Crippen LogP contribution in [0.2, 0.25) is 0 Å². The van der Waals surface area contributed by atoms with Crippen LogP contribution in [0.1, 0.15) is 0 Å². The van der Waals surface area contributed by atoms with Gasteiger partial charge in [-0.1, -0.05) is 158 Å². The molecule has 252 valence electrons. The van der Waals surface area contributed by atoms with E-state index in [4.69, 9.17) is 0 Å². The normalized spacial score (nSPS) is 11.7. The highest BCUT2D eigenvalue weighted by Gasteiger charge is 2.20. The number of nitrogens with zero attached hydrogens (tertiary/aromatic N) is 2. The third-order valence-electron chi connectivity index (χ3n) is 11.1. The van der Waals surface area contributed by atoms with Gasteiger partial charge in [0, 0.05) is 32.9 Å². The first-order chi connectivity index (χ1) is 26.8. The molecule has 0 saturated heterocycles. The Labute approximate surface area is 313 Å². The number of aromatic nitrogens is 2. The molecule has 0 unspecified atom stereocenters. The van der Waals surface area contributed by atoms with Crippen LogP contribution in [0.5, 0.6) is 0 Å². The van der Waals surface area contributed by atoms with Gasteiger partial charge in [-0.3, -0.25) is 0 Å². The highest BCUT2D eigenvalue weighted by atomic mass is 15.0. The van der Waals surface area contributed by atoms with Crippen molar-refractivity contribution in [3.63, 3.8) is 0 Å². The van der Waals surface area contributed by atoms with Gasteiger partial charge in [0.05, 0.1) is 22.1 Å². The Morgan fingerprint density at radius 1 is 0.259 bits per heavy atom. The molecule has 0 aliphatic rings. The van der Waals surface area contributed by atoms with Crippen LogP contribution in [0.25, 0.3) is 99.1 Å². The number of hydrogen-bond acceptors (Lipinski definition) is 0. The van der Waals surface area contributed by atoms with Crippen LogP contribution in [0.4, 0.5) is 0 Å². The third kappa shape index (κ3) is 4.81. The van der Waals surface area contributed by atoms with Crippen LogP contribution in [0, 0.1) is 0 Å². The first-order valence-electron chi connectivity index (χ1n) is 18.6. The zero-order valence-corrected chi connectivity index (χ0v) is 29.5. The number of hydrogen-bond donors (Lipinski definition) is 0. The molecule has 0 amide bonds. The third-order valence-corrected chi connectivity index (χ3v) is 11.1. The van der Waals surface area contributed by atoms with E-state index in [-0.39, 0.29) is 0 Å². The van der Waals surface area contributed by atoms with Gasteiger partial charge in [0.25, 0.3) is 0 Å². The number of para-hydroxylation sites is 2. The second-order valence-electron chi connectivity index (χ2n) is 14.2. The second kappa shape index (κ2) is 12.2. The maximum Gasteiger partial charge on any atom is 0.0641 e. The highest BCUT2D eigenvalue weighted by molar-refractivity contribution is 6.26. The van der Waals surface area contributed by atoms with Crippen LogP contribution in [0.15, 0.2) is 206 Å². The number of benzene rings is 9. The van der Waals surface area contributed by atoms with Gasteiger partial charge in [-0.25, -0.2) is 0 Å². The highest BCUT2D eigenvalue weighted by Crippen LogP contribution is 2.42. The molecule has 0 aliphatic carbocycles. The molecule has 0 saturated carbocycles. The van der Waals surface area contributed by atoms with Crippen molar-refractivity contribution in [1.29, 1.82) is 0 Å². The molecule has 54 heavy (non-hydrogen) atoms. The smallest absolute Gasteiger partial charge is 0.0641 e. The van der Waals surface area contributed by atoms with Crippen molar-refractivity contribution in [1.82, 2.24) is 9.13 Å². The van der Waals surface area contributed by atoms with Crippen molar-refractivity contribution in [2.45, 2.75) is 0 Å². The first kappa shape index (κ1) is 30.5. The van der Waals surface area contributed by atoms with E-state index in [1.54, 1.807) is 0 Å². The maximum atomic E-state index is 2.47. The Morgan fingerprint density at radius 3 is 1.43 bits per heavy atom. The van der Waals surface area contributed by atoms with Crippen LogP contribution in [-0.2, 0) is 0 Å². The molecule has 0 spiro atoms. The maximum absolute atomic E-state index is 2.47. The zero-order valence-electron chi connectivity index (χ0n) is 29.5. The van der Waals surface area contributed by atoms with E-state index in [1.165, 1.54) is 87.8 Å². The molecular weight excluding hydrogens is 653 g/mol. The van der Waals surface area contributed by atoms with Crippen LogP contribution < -0.4 is 0 Å². The largest absolute Gasteiger partial charge is 0.309 e. The fourth-order valence-corrected chi connectivity index (χ4v) is 8.52. The molecule has 2 heteroatoms. The Hall–Kier alpha value is -7.16. The minimum absolute atomic E-state index is 1.15. The van der Waals surface area contributed by atoms with Gasteiger partial charge in [0.1, 0.15) is 0 Å². The summed E-state index contributed by atoms with van der Waals surface area (Å²) in [6, 6.07) is 75.1. The standard InChI is InChI=1S/C52H34N2/c1-2-10-35(11-3-1)38-24-28-43(29-25-38)53-49-17-9-7-15-47(49)51-50(53)33-32-46-45-14-6-8-16-48(45)54(52(46)51)44-30-26-39(27-31-44)37-18-20-40(21-19-37)42-23-22-36-12-4-5-13-41(36)34-42/h1-34H. The van der Waals surface area contributed by atoms with E-state index in [2.05, 4.69) is 215 Å². The van der Waals surface area contributed by atoms with Crippen LogP contribution >= 0.6 is 0 Å². The lowest BCUT2D eigenvalue weighted by Crippen LogP contribution is -1.95. The second-order valence-corrected chi connectivity index (χ2v) is 14.2. The zero-order chi connectivity index (χ0) is 35.6. The Kier molecular flexibility index (Phi) is 6.90. The average Bonchev–Trinajstić information content (AvgIpc) is 3.77. The van der Waals surface area contributed by atoms with Gasteiger partial charge in [0.15, 0.2) is 0 Å². The summed E-state index contributed by atoms with van der Waals surface area (Å²) in [6.07, 6.45) is 0. The summed E-state index contributed by atoms with van der Waals surface area (Å²) in [5.74, 6) is 0. The lowest BCUT2D eigenvalue weighted by molar-refractivity contribution is 1.17. The Bertz CT molecular complexity index is 3160. The number of fused-ring (bicyclic) bond motifs is 8. The predicted octanol–water partition coefficient (Wildman–Crippen LogP) is 14.0. The molecule has 2 heterocycles. The Morgan fingerprint density at radius 2 is 0.741 bits per heavy atom. The van der Waals surface area contributed by atoms with Gasteiger partial charge in [0.2, 0.25) is 0 Å².